The summed E-state index contributed by atoms with van der Waals surface area (Å²) in [6, 6.07) is 4.34. The van der Waals surface area contributed by atoms with Crippen molar-refractivity contribution in [3.05, 3.63) is 29.3 Å². The van der Waals surface area contributed by atoms with E-state index in [1.54, 1.807) is 13.0 Å². The summed E-state index contributed by atoms with van der Waals surface area (Å²) in [5.74, 6) is 0. The number of benzene rings is 1. The molecule has 0 aliphatic rings. The first-order chi connectivity index (χ1) is 5.41. The Labute approximate surface area is 93.4 Å². The van der Waals surface area contributed by atoms with E-state index in [0.717, 1.165) is 11.1 Å². The Balaban J connectivity index is 0.00000144. The van der Waals surface area contributed by atoms with Crippen LogP contribution in [0.5, 0.6) is 0 Å². The minimum Gasteiger partial charge on any atom is -0.744 e. The van der Waals surface area contributed by atoms with E-state index >= 15 is 0 Å². The molecule has 5 heteroatoms. The molecule has 0 fully saturated rings. The van der Waals surface area contributed by atoms with Crippen LogP contribution in [0.3, 0.4) is 0 Å². The van der Waals surface area contributed by atoms with Crippen LogP contribution in [0, 0.1) is 13.8 Å². The van der Waals surface area contributed by atoms with Crippen LogP contribution in [0.2, 0.25) is 0 Å². The maximum absolute atomic E-state index is 10.5. The average molecular weight is 293 g/mol. The van der Waals surface area contributed by atoms with Crippen LogP contribution in [-0.4, -0.2) is 13.0 Å². The second-order valence-electron chi connectivity index (χ2n) is 2.70. The molecule has 0 unspecified atom stereocenters. The normalized spacial score (nSPS) is 10.7. The van der Waals surface area contributed by atoms with Crippen molar-refractivity contribution in [2.24, 2.45) is 0 Å². The van der Waals surface area contributed by atoms with Crippen molar-refractivity contribution in [2.75, 3.05) is 0 Å². The van der Waals surface area contributed by atoms with Gasteiger partial charge in [0.25, 0.3) is 0 Å². The number of rotatable bonds is 1. The van der Waals surface area contributed by atoms with E-state index < -0.39 is 10.1 Å². The molecule has 76 valence electrons. The largest absolute Gasteiger partial charge is 1.00 e. The molecule has 0 aliphatic heterocycles. The van der Waals surface area contributed by atoms with E-state index in [2.05, 4.69) is 0 Å². The van der Waals surface area contributed by atoms with E-state index in [1.165, 1.54) is 12.1 Å². The molecule has 0 aliphatic carbocycles. The number of aryl methyl sites for hydroxylation is 2. The van der Waals surface area contributed by atoms with E-state index in [-0.39, 0.29) is 27.3 Å². The third-order valence-electron chi connectivity index (χ3n) is 1.77. The van der Waals surface area contributed by atoms with Gasteiger partial charge in [0.15, 0.2) is 0 Å². The van der Waals surface area contributed by atoms with Crippen molar-refractivity contribution in [2.45, 2.75) is 18.7 Å². The summed E-state index contributed by atoms with van der Waals surface area (Å²) in [5.41, 5.74) is 1.79. The van der Waals surface area contributed by atoms with E-state index in [0.29, 0.717) is 0 Å². The fourth-order valence-electron chi connectivity index (χ4n) is 0.869. The second kappa shape index (κ2) is 4.39. The van der Waals surface area contributed by atoms with Gasteiger partial charge in [-0.3, -0.25) is 0 Å². The molecule has 0 saturated carbocycles. The van der Waals surface area contributed by atoms with Gasteiger partial charge in [-0.25, -0.2) is 8.42 Å². The predicted octanol–water partition coefficient (Wildman–Crippen LogP) is 1.21. The average Bonchev–Trinajstić information content (AvgIpc) is 1.92. The first kappa shape index (κ1) is 12.9. The third-order valence-corrected chi connectivity index (χ3v) is 2.60. The van der Waals surface area contributed by atoms with Crippen LogP contribution in [0.1, 0.15) is 11.1 Å². The zero-order chi connectivity index (χ0) is 9.35. The Morgan fingerprint density at radius 1 is 1.15 bits per heavy atom. The maximum Gasteiger partial charge on any atom is 1.00 e. The van der Waals surface area contributed by atoms with Gasteiger partial charge < -0.3 is 4.55 Å². The first-order valence-electron chi connectivity index (χ1n) is 3.44. The van der Waals surface area contributed by atoms with Gasteiger partial charge in [0.1, 0.15) is 10.1 Å². The summed E-state index contributed by atoms with van der Waals surface area (Å²) in [4.78, 5) is -0.161. The van der Waals surface area contributed by atoms with Gasteiger partial charge in [0, 0.05) is 0 Å². The molecule has 0 amide bonds. The van der Waals surface area contributed by atoms with E-state index in [4.69, 9.17) is 0 Å². The van der Waals surface area contributed by atoms with Crippen molar-refractivity contribution >= 4 is 10.1 Å². The molecular weight excluding hydrogens is 284 g/mol. The van der Waals surface area contributed by atoms with Crippen LogP contribution < -0.4 is 0 Å². The topological polar surface area (TPSA) is 57.2 Å². The molecule has 13 heavy (non-hydrogen) atoms. The number of hydrogen-bond acceptors (Lipinski definition) is 3. The molecule has 3 nitrogen and oxygen atoms in total. The summed E-state index contributed by atoms with van der Waals surface area (Å²) >= 11 is 0. The minimum atomic E-state index is -4.29. The Kier molecular flexibility index (Phi) is 4.35. The molecular formula is C8H9AgO3S. The van der Waals surface area contributed by atoms with Crippen molar-refractivity contribution < 1.29 is 35.4 Å². The van der Waals surface area contributed by atoms with Gasteiger partial charge in [-0.15, -0.1) is 0 Å². The molecule has 0 atom stereocenters. The molecule has 0 heterocycles. The van der Waals surface area contributed by atoms with Crippen molar-refractivity contribution in [1.29, 1.82) is 0 Å². The monoisotopic (exact) mass is 292 g/mol. The maximum atomic E-state index is 10.5. The van der Waals surface area contributed by atoms with Crippen LogP contribution in [-0.2, 0) is 32.5 Å². The molecule has 0 bridgehead atoms. The molecule has 1 aromatic carbocycles. The molecule has 1 rings (SSSR count). The molecule has 1 aromatic rings. The van der Waals surface area contributed by atoms with Crippen LogP contribution >= 0.6 is 0 Å². The van der Waals surface area contributed by atoms with Gasteiger partial charge in [-0.2, -0.15) is 0 Å². The fourth-order valence-corrected chi connectivity index (χ4v) is 1.43. The summed E-state index contributed by atoms with van der Waals surface area (Å²) in [6.07, 6.45) is 0. The Morgan fingerprint density at radius 3 is 2.08 bits per heavy atom. The Morgan fingerprint density at radius 2 is 1.69 bits per heavy atom. The quantitative estimate of drug-likeness (QED) is 0.577. The number of hydrogen-bond donors (Lipinski definition) is 0. The smallest absolute Gasteiger partial charge is 0.744 e. The van der Waals surface area contributed by atoms with Gasteiger partial charge in [0.2, 0.25) is 0 Å². The molecule has 0 aromatic heterocycles. The molecule has 0 radical (unpaired) electrons. The van der Waals surface area contributed by atoms with Gasteiger partial charge in [-0.05, 0) is 37.1 Å². The van der Waals surface area contributed by atoms with E-state index in [9.17, 15) is 13.0 Å². The summed E-state index contributed by atoms with van der Waals surface area (Å²) in [6.45, 7) is 3.63. The van der Waals surface area contributed by atoms with E-state index in [1.807, 2.05) is 6.92 Å². The van der Waals surface area contributed by atoms with Crippen LogP contribution in [0.15, 0.2) is 23.1 Å². The van der Waals surface area contributed by atoms with Crippen molar-refractivity contribution in [3.8, 4) is 0 Å². The first-order valence-corrected chi connectivity index (χ1v) is 4.85. The van der Waals surface area contributed by atoms with Crippen molar-refractivity contribution in [3.63, 3.8) is 0 Å². The SMILES string of the molecule is Cc1ccc(S(=O)(=O)[O-])cc1C.[Ag+]. The molecule has 0 N–H and O–H groups in total. The summed E-state index contributed by atoms with van der Waals surface area (Å²) < 4.78 is 31.6. The minimum absolute atomic E-state index is 0. The Bertz CT molecular complexity index is 398. The third kappa shape index (κ3) is 3.25. The zero-order valence-corrected chi connectivity index (χ0v) is 9.47. The molecule has 0 saturated heterocycles. The van der Waals surface area contributed by atoms with Crippen LogP contribution in [0.4, 0.5) is 0 Å². The van der Waals surface area contributed by atoms with Crippen LogP contribution in [0.25, 0.3) is 0 Å². The fraction of sp³-hybridized carbons (Fsp3) is 0.250. The van der Waals surface area contributed by atoms with Gasteiger partial charge >= 0.3 is 22.4 Å². The standard InChI is InChI=1S/C8H10O3S.Ag/c1-6-3-4-8(5-7(6)2)12(9,10)11;/h3-5H,1-2H3,(H,9,10,11);/q;+1/p-1. The van der Waals surface area contributed by atoms with Crippen molar-refractivity contribution in [1.82, 2.24) is 0 Å². The summed E-state index contributed by atoms with van der Waals surface area (Å²) in [5, 5.41) is 0. The zero-order valence-electron chi connectivity index (χ0n) is 7.17. The predicted molar refractivity (Wildman–Crippen MR) is 43.9 cm³/mol. The van der Waals surface area contributed by atoms with Gasteiger partial charge in [-0.1, -0.05) is 6.07 Å². The molecule has 0 spiro atoms. The summed E-state index contributed by atoms with van der Waals surface area (Å²) in [7, 11) is -4.29. The Hall–Kier alpha value is -0.130. The second-order valence-corrected chi connectivity index (χ2v) is 4.08. The van der Waals surface area contributed by atoms with Gasteiger partial charge in [0.05, 0.1) is 4.90 Å².